The topological polar surface area (TPSA) is 57.0 Å². The van der Waals surface area contributed by atoms with E-state index in [1.165, 1.54) is 0 Å². The van der Waals surface area contributed by atoms with Gasteiger partial charge in [-0.3, -0.25) is 0 Å². The first-order valence-corrected chi connectivity index (χ1v) is 4.77. The van der Waals surface area contributed by atoms with Gasteiger partial charge in [-0.15, -0.1) is 5.10 Å². The Kier molecular flexibility index (Phi) is 3.62. The van der Waals surface area contributed by atoms with E-state index >= 15 is 0 Å². The van der Waals surface area contributed by atoms with Gasteiger partial charge < -0.3 is 4.74 Å². The highest BCUT2D eigenvalue weighted by atomic mass is 16.5. The van der Waals surface area contributed by atoms with Crippen molar-refractivity contribution < 1.29 is 9.53 Å². The van der Waals surface area contributed by atoms with Crippen LogP contribution in [-0.4, -0.2) is 27.6 Å². The fourth-order valence-electron chi connectivity index (χ4n) is 1.17. The van der Waals surface area contributed by atoms with Gasteiger partial charge in [0, 0.05) is 6.54 Å². The van der Waals surface area contributed by atoms with Crippen LogP contribution in [0.1, 0.15) is 36.5 Å². The molecule has 0 amide bonds. The van der Waals surface area contributed by atoms with Crippen LogP contribution in [0.25, 0.3) is 0 Å². The molecule has 0 bridgehead atoms. The Bertz CT molecular complexity index is 320. The first-order valence-electron chi connectivity index (χ1n) is 4.77. The number of aryl methyl sites for hydroxylation is 1. The third-order valence-electron chi connectivity index (χ3n) is 1.89. The third-order valence-corrected chi connectivity index (χ3v) is 1.89. The molecule has 0 saturated carbocycles. The Labute approximate surface area is 83.1 Å². The quantitative estimate of drug-likeness (QED) is 0.680. The Morgan fingerprint density at radius 1 is 1.50 bits per heavy atom. The second-order valence-electron chi connectivity index (χ2n) is 2.97. The van der Waals surface area contributed by atoms with Crippen molar-refractivity contribution in [2.45, 2.75) is 33.7 Å². The zero-order valence-corrected chi connectivity index (χ0v) is 8.78. The van der Waals surface area contributed by atoms with Crippen LogP contribution in [0.5, 0.6) is 0 Å². The van der Waals surface area contributed by atoms with Gasteiger partial charge in [-0.05, 0) is 20.3 Å². The highest BCUT2D eigenvalue weighted by Gasteiger charge is 2.16. The lowest BCUT2D eigenvalue weighted by atomic mass is 10.3. The van der Waals surface area contributed by atoms with Crippen LogP contribution in [-0.2, 0) is 11.3 Å². The van der Waals surface area contributed by atoms with Crippen LogP contribution in [0.15, 0.2) is 0 Å². The summed E-state index contributed by atoms with van der Waals surface area (Å²) < 4.78 is 6.56. The minimum absolute atomic E-state index is 0.320. The molecule has 5 heteroatoms. The molecule has 0 spiro atoms. The molecule has 0 aliphatic carbocycles. The Morgan fingerprint density at radius 3 is 2.79 bits per heavy atom. The molecule has 78 valence electrons. The summed E-state index contributed by atoms with van der Waals surface area (Å²) in [5.41, 5.74) is 1.09. The van der Waals surface area contributed by atoms with Crippen LogP contribution in [0.2, 0.25) is 0 Å². The van der Waals surface area contributed by atoms with Crippen molar-refractivity contribution in [1.29, 1.82) is 0 Å². The van der Waals surface area contributed by atoms with E-state index in [2.05, 4.69) is 10.3 Å². The summed E-state index contributed by atoms with van der Waals surface area (Å²) in [6.45, 7) is 6.77. The summed E-state index contributed by atoms with van der Waals surface area (Å²) in [6, 6.07) is 0. The van der Waals surface area contributed by atoms with Gasteiger partial charge in [0.05, 0.1) is 12.3 Å². The SMILES string of the molecule is CCCn1nnc(C(=O)OCC)c1C. The molecule has 1 heterocycles. The lowest BCUT2D eigenvalue weighted by molar-refractivity contribution is 0.0518. The predicted molar refractivity (Wildman–Crippen MR) is 51.0 cm³/mol. The molecule has 1 aromatic rings. The van der Waals surface area contributed by atoms with Gasteiger partial charge in [-0.1, -0.05) is 12.1 Å². The monoisotopic (exact) mass is 197 g/mol. The largest absolute Gasteiger partial charge is 0.461 e. The van der Waals surface area contributed by atoms with Crippen molar-refractivity contribution in [2.75, 3.05) is 6.61 Å². The molecule has 0 saturated heterocycles. The normalized spacial score (nSPS) is 10.2. The van der Waals surface area contributed by atoms with Crippen LogP contribution < -0.4 is 0 Å². The molecular formula is C9H15N3O2. The molecule has 0 aliphatic heterocycles. The van der Waals surface area contributed by atoms with Crippen molar-refractivity contribution >= 4 is 5.97 Å². The van der Waals surface area contributed by atoms with Crippen LogP contribution in [0, 0.1) is 6.92 Å². The molecule has 0 atom stereocenters. The van der Waals surface area contributed by atoms with Gasteiger partial charge in [0.2, 0.25) is 0 Å². The van der Waals surface area contributed by atoms with Gasteiger partial charge in [0.1, 0.15) is 0 Å². The van der Waals surface area contributed by atoms with E-state index < -0.39 is 5.97 Å². The zero-order chi connectivity index (χ0) is 10.6. The Hall–Kier alpha value is -1.39. The molecule has 0 N–H and O–H groups in total. The number of rotatable bonds is 4. The zero-order valence-electron chi connectivity index (χ0n) is 8.78. The van der Waals surface area contributed by atoms with Crippen molar-refractivity contribution in [3.05, 3.63) is 11.4 Å². The molecule has 14 heavy (non-hydrogen) atoms. The summed E-state index contributed by atoms with van der Waals surface area (Å²) in [4.78, 5) is 11.3. The summed E-state index contributed by atoms with van der Waals surface area (Å²) in [5, 5.41) is 7.67. The van der Waals surface area contributed by atoms with Gasteiger partial charge in [-0.25, -0.2) is 9.48 Å². The smallest absolute Gasteiger partial charge is 0.360 e. The molecule has 0 unspecified atom stereocenters. The summed E-state index contributed by atoms with van der Waals surface area (Å²) in [6.07, 6.45) is 0.965. The maximum atomic E-state index is 11.3. The van der Waals surface area contributed by atoms with Crippen LogP contribution in [0.3, 0.4) is 0 Å². The Balaban J connectivity index is 2.83. The van der Waals surface area contributed by atoms with Gasteiger partial charge in [-0.2, -0.15) is 0 Å². The molecule has 1 rings (SSSR count). The molecule has 5 nitrogen and oxygen atoms in total. The van der Waals surface area contributed by atoms with E-state index in [1.54, 1.807) is 11.6 Å². The maximum Gasteiger partial charge on any atom is 0.360 e. The second kappa shape index (κ2) is 4.74. The number of carbonyl (C=O) groups excluding carboxylic acids is 1. The molecule has 1 aromatic heterocycles. The maximum absolute atomic E-state index is 11.3. The molecule has 0 fully saturated rings. The lowest BCUT2D eigenvalue weighted by Gasteiger charge is -2.00. The number of carbonyl (C=O) groups is 1. The second-order valence-corrected chi connectivity index (χ2v) is 2.97. The number of nitrogens with zero attached hydrogens (tertiary/aromatic N) is 3. The third kappa shape index (κ3) is 2.10. The molecule has 0 aromatic carbocycles. The van der Waals surface area contributed by atoms with E-state index in [4.69, 9.17) is 4.74 Å². The summed E-state index contributed by atoms with van der Waals surface area (Å²) >= 11 is 0. The van der Waals surface area contributed by atoms with E-state index in [-0.39, 0.29) is 0 Å². The Morgan fingerprint density at radius 2 is 2.21 bits per heavy atom. The van der Waals surface area contributed by atoms with Gasteiger partial charge in [0.15, 0.2) is 5.69 Å². The minimum atomic E-state index is -0.396. The highest BCUT2D eigenvalue weighted by molar-refractivity contribution is 5.88. The average molecular weight is 197 g/mol. The van der Waals surface area contributed by atoms with Crippen molar-refractivity contribution in [1.82, 2.24) is 15.0 Å². The summed E-state index contributed by atoms with van der Waals surface area (Å²) in [5.74, 6) is -0.396. The molecule has 0 aliphatic rings. The van der Waals surface area contributed by atoms with Crippen LogP contribution in [0.4, 0.5) is 0 Å². The minimum Gasteiger partial charge on any atom is -0.461 e. The van der Waals surface area contributed by atoms with Gasteiger partial charge in [0.25, 0.3) is 0 Å². The first kappa shape index (κ1) is 10.7. The van der Waals surface area contributed by atoms with Gasteiger partial charge >= 0.3 is 5.97 Å². The van der Waals surface area contributed by atoms with Crippen molar-refractivity contribution in [3.8, 4) is 0 Å². The van der Waals surface area contributed by atoms with E-state index in [0.29, 0.717) is 12.3 Å². The summed E-state index contributed by atoms with van der Waals surface area (Å²) in [7, 11) is 0. The predicted octanol–water partition coefficient (Wildman–Crippen LogP) is 1.17. The lowest BCUT2D eigenvalue weighted by Crippen LogP contribution is -2.08. The number of aromatic nitrogens is 3. The van der Waals surface area contributed by atoms with Crippen molar-refractivity contribution in [2.24, 2.45) is 0 Å². The molecular weight excluding hydrogens is 182 g/mol. The van der Waals surface area contributed by atoms with Crippen molar-refractivity contribution in [3.63, 3.8) is 0 Å². The van der Waals surface area contributed by atoms with E-state index in [0.717, 1.165) is 18.7 Å². The van der Waals surface area contributed by atoms with Crippen LogP contribution >= 0.6 is 0 Å². The number of hydrogen-bond donors (Lipinski definition) is 0. The fraction of sp³-hybridized carbons (Fsp3) is 0.667. The van der Waals surface area contributed by atoms with E-state index in [1.807, 2.05) is 13.8 Å². The number of hydrogen-bond acceptors (Lipinski definition) is 4. The van der Waals surface area contributed by atoms with E-state index in [9.17, 15) is 4.79 Å². The first-order chi connectivity index (χ1) is 6.70. The average Bonchev–Trinajstić information content (AvgIpc) is 2.49. The standard InChI is InChI=1S/C9H15N3O2/c1-4-6-12-7(3)8(10-11-12)9(13)14-5-2/h4-6H2,1-3H3. The highest BCUT2D eigenvalue weighted by Crippen LogP contribution is 2.05. The number of ether oxygens (including phenoxy) is 1. The number of esters is 1. The fourth-order valence-corrected chi connectivity index (χ4v) is 1.17. The molecule has 0 radical (unpaired) electrons.